The van der Waals surface area contributed by atoms with E-state index in [-0.39, 0.29) is 35.2 Å². The smallest absolute Gasteiger partial charge is 0.277 e. The number of β-amino-alcohol motifs (C(OH)–C–C–N with tert-alkyl or cyclic N) is 1. The highest BCUT2D eigenvalue weighted by Crippen LogP contribution is 2.28. The van der Waals surface area contributed by atoms with Crippen molar-refractivity contribution in [3.05, 3.63) is 30.0 Å². The molecule has 118 valence electrons. The predicted octanol–water partition coefficient (Wildman–Crippen LogP) is -1.30. The monoisotopic (exact) mass is 327 g/mol. The lowest BCUT2D eigenvalue weighted by Gasteiger charge is -2.14. The van der Waals surface area contributed by atoms with E-state index in [0.29, 0.717) is 0 Å². The van der Waals surface area contributed by atoms with Crippen LogP contribution < -0.4 is 10.5 Å². The molecule has 2 amide bonds. The molecule has 1 heterocycles. The molecule has 0 fully saturated rings. The molecule has 0 atom stereocenters. The number of hydrogen-bond acceptors (Lipinski definition) is 7. The van der Waals surface area contributed by atoms with Crippen molar-refractivity contribution in [3.63, 3.8) is 0 Å². The first-order valence-electron chi connectivity index (χ1n) is 6.05. The number of imide groups is 1. The Morgan fingerprint density at radius 1 is 1.27 bits per heavy atom. The number of phenols is 1. The van der Waals surface area contributed by atoms with Gasteiger partial charge in [-0.3, -0.25) is 14.5 Å². The average Bonchev–Trinajstić information content (AvgIpc) is 2.68. The fourth-order valence-electron chi connectivity index (χ4n) is 1.85. The Kier molecular flexibility index (Phi) is 4.17. The van der Waals surface area contributed by atoms with Crippen LogP contribution in [0.2, 0.25) is 0 Å². The van der Waals surface area contributed by atoms with Gasteiger partial charge in [-0.1, -0.05) is 0 Å². The average molecular weight is 327 g/mol. The molecule has 1 aromatic carbocycles. The first-order valence-corrected chi connectivity index (χ1v) is 7.60. The van der Waals surface area contributed by atoms with Crippen LogP contribution in [0.25, 0.3) is 0 Å². The number of aliphatic hydroxyl groups excluding tert-OH is 1. The lowest BCUT2D eigenvalue weighted by molar-refractivity contribution is -0.137. The Bertz CT molecular complexity index is 771. The Morgan fingerprint density at radius 2 is 1.95 bits per heavy atom. The third-order valence-electron chi connectivity index (χ3n) is 2.90. The van der Waals surface area contributed by atoms with Gasteiger partial charge < -0.3 is 15.5 Å². The molecule has 1 aromatic rings. The molecule has 0 saturated heterocycles. The van der Waals surface area contributed by atoms with E-state index in [0.717, 1.165) is 29.2 Å². The van der Waals surface area contributed by atoms with E-state index in [9.17, 15) is 23.1 Å². The summed E-state index contributed by atoms with van der Waals surface area (Å²) in [5, 5.41) is 26.0. The molecule has 1 aliphatic heterocycles. The first-order chi connectivity index (χ1) is 10.2. The summed E-state index contributed by atoms with van der Waals surface area (Å²) in [6.45, 7) is -0.548. The van der Waals surface area contributed by atoms with E-state index >= 15 is 0 Å². The van der Waals surface area contributed by atoms with E-state index in [1.165, 1.54) is 0 Å². The zero-order valence-corrected chi connectivity index (χ0v) is 12.0. The standard InChI is InChI=1S/C12H13N3O6S/c13-22(20,21)7-1-2-10(17)8(5-7)14-9-6-11(18)15(3-4-16)12(9)19/h1-2,5-6,14,16-17H,3-4H2,(H2,13,20,21). The molecule has 0 aromatic heterocycles. The van der Waals surface area contributed by atoms with Crippen LogP contribution in [-0.2, 0) is 19.6 Å². The number of hydrogen-bond donors (Lipinski definition) is 4. The fraction of sp³-hybridized carbons (Fsp3) is 0.167. The zero-order chi connectivity index (χ0) is 16.5. The number of amides is 2. The highest BCUT2D eigenvalue weighted by Gasteiger charge is 2.31. The van der Waals surface area contributed by atoms with Gasteiger partial charge in [0.15, 0.2) is 0 Å². The minimum Gasteiger partial charge on any atom is -0.506 e. The molecule has 0 radical (unpaired) electrons. The normalized spacial score (nSPS) is 15.2. The van der Waals surface area contributed by atoms with E-state index in [4.69, 9.17) is 10.2 Å². The van der Waals surface area contributed by atoms with Gasteiger partial charge >= 0.3 is 0 Å². The second-order valence-corrected chi connectivity index (χ2v) is 5.99. The van der Waals surface area contributed by atoms with Crippen molar-refractivity contribution in [2.75, 3.05) is 18.5 Å². The molecule has 1 aliphatic rings. The van der Waals surface area contributed by atoms with E-state index in [1.807, 2.05) is 0 Å². The van der Waals surface area contributed by atoms with Crippen LogP contribution in [0.5, 0.6) is 5.75 Å². The second-order valence-electron chi connectivity index (χ2n) is 4.43. The van der Waals surface area contributed by atoms with Crippen molar-refractivity contribution in [2.45, 2.75) is 4.90 Å². The summed E-state index contributed by atoms with van der Waals surface area (Å²) in [5.41, 5.74) is -0.245. The lowest BCUT2D eigenvalue weighted by Crippen LogP contribution is -2.34. The number of sulfonamides is 1. The van der Waals surface area contributed by atoms with Crippen LogP contribution in [-0.4, -0.2) is 48.5 Å². The summed E-state index contributed by atoms with van der Waals surface area (Å²) in [7, 11) is -3.99. The number of nitrogens with two attached hydrogens (primary N) is 1. The molecule has 10 heteroatoms. The quantitative estimate of drug-likeness (QED) is 0.387. The van der Waals surface area contributed by atoms with Crippen molar-refractivity contribution in [3.8, 4) is 5.75 Å². The highest BCUT2D eigenvalue weighted by molar-refractivity contribution is 7.89. The third-order valence-corrected chi connectivity index (χ3v) is 3.81. The van der Waals surface area contributed by atoms with Crippen molar-refractivity contribution < 1.29 is 28.2 Å². The van der Waals surface area contributed by atoms with Gasteiger partial charge in [0.2, 0.25) is 10.0 Å². The lowest BCUT2D eigenvalue weighted by atomic mass is 10.2. The Morgan fingerprint density at radius 3 is 2.55 bits per heavy atom. The van der Waals surface area contributed by atoms with Gasteiger partial charge in [0, 0.05) is 6.08 Å². The fourth-order valence-corrected chi connectivity index (χ4v) is 2.39. The molecule has 0 spiro atoms. The van der Waals surface area contributed by atoms with Gasteiger partial charge in [-0.15, -0.1) is 0 Å². The second kappa shape index (κ2) is 5.75. The van der Waals surface area contributed by atoms with Gasteiger partial charge in [-0.05, 0) is 18.2 Å². The van der Waals surface area contributed by atoms with E-state index in [2.05, 4.69) is 5.32 Å². The number of benzene rings is 1. The van der Waals surface area contributed by atoms with Crippen LogP contribution in [0.4, 0.5) is 5.69 Å². The van der Waals surface area contributed by atoms with Crippen molar-refractivity contribution in [2.24, 2.45) is 5.14 Å². The number of nitrogens with zero attached hydrogens (tertiary/aromatic N) is 1. The number of phenolic OH excluding ortho intramolecular Hbond substituents is 1. The van der Waals surface area contributed by atoms with Gasteiger partial charge in [0.1, 0.15) is 11.4 Å². The van der Waals surface area contributed by atoms with Crippen molar-refractivity contribution >= 4 is 27.5 Å². The number of carbonyl (C=O) groups is 2. The topological polar surface area (TPSA) is 150 Å². The molecule has 0 aliphatic carbocycles. The van der Waals surface area contributed by atoms with Crippen LogP contribution in [0.1, 0.15) is 0 Å². The first kappa shape index (κ1) is 15.9. The minimum absolute atomic E-state index is 0.0928. The summed E-state index contributed by atoms with van der Waals surface area (Å²) in [6, 6.07) is 3.23. The molecule has 0 unspecified atom stereocenters. The van der Waals surface area contributed by atoms with Crippen molar-refractivity contribution in [1.82, 2.24) is 4.90 Å². The van der Waals surface area contributed by atoms with E-state index in [1.54, 1.807) is 0 Å². The summed E-state index contributed by atoms with van der Waals surface area (Å²) in [6.07, 6.45) is 0.987. The maximum absolute atomic E-state index is 11.9. The van der Waals surface area contributed by atoms with Gasteiger partial charge in [-0.2, -0.15) is 0 Å². The summed E-state index contributed by atoms with van der Waals surface area (Å²) >= 11 is 0. The predicted molar refractivity (Wildman–Crippen MR) is 75.0 cm³/mol. The van der Waals surface area contributed by atoms with Crippen LogP contribution in [0.3, 0.4) is 0 Å². The Balaban J connectivity index is 2.30. The molecule has 9 nitrogen and oxygen atoms in total. The molecule has 22 heavy (non-hydrogen) atoms. The molecular weight excluding hydrogens is 314 g/mol. The largest absolute Gasteiger partial charge is 0.506 e. The van der Waals surface area contributed by atoms with E-state index < -0.39 is 21.8 Å². The number of primary sulfonamides is 1. The molecule has 0 bridgehead atoms. The number of aliphatic hydroxyl groups is 1. The number of anilines is 1. The Labute approximate surface area is 125 Å². The maximum atomic E-state index is 11.9. The molecule has 2 rings (SSSR count). The maximum Gasteiger partial charge on any atom is 0.277 e. The zero-order valence-electron chi connectivity index (χ0n) is 11.2. The SMILES string of the molecule is NS(=O)(=O)c1ccc(O)c(NC2=CC(=O)N(CCO)C2=O)c1. The summed E-state index contributed by atoms with van der Waals surface area (Å²) in [5.74, 6) is -1.64. The van der Waals surface area contributed by atoms with Crippen LogP contribution >= 0.6 is 0 Å². The summed E-state index contributed by atoms with van der Waals surface area (Å²) in [4.78, 5) is 24.1. The summed E-state index contributed by atoms with van der Waals surface area (Å²) < 4.78 is 22.6. The molecule has 0 saturated carbocycles. The minimum atomic E-state index is -3.99. The van der Waals surface area contributed by atoms with Gasteiger partial charge in [0.25, 0.3) is 11.8 Å². The molecule has 5 N–H and O–H groups in total. The third kappa shape index (κ3) is 3.08. The number of aromatic hydroxyl groups is 1. The molecular formula is C12H13N3O6S. The number of nitrogens with one attached hydrogen (secondary N) is 1. The van der Waals surface area contributed by atoms with Crippen LogP contribution in [0.15, 0.2) is 34.9 Å². The Hall–Kier alpha value is -2.43. The van der Waals surface area contributed by atoms with Gasteiger partial charge in [-0.25, -0.2) is 13.6 Å². The highest BCUT2D eigenvalue weighted by atomic mass is 32.2. The van der Waals surface area contributed by atoms with Gasteiger partial charge in [0.05, 0.1) is 23.7 Å². The number of carbonyl (C=O) groups excluding carboxylic acids is 2. The van der Waals surface area contributed by atoms with Crippen molar-refractivity contribution in [1.29, 1.82) is 0 Å². The number of rotatable bonds is 5. The van der Waals surface area contributed by atoms with Crippen LogP contribution in [0, 0.1) is 0 Å².